The van der Waals surface area contributed by atoms with Crippen molar-refractivity contribution in [2.24, 2.45) is 0 Å². The van der Waals surface area contributed by atoms with Crippen LogP contribution in [0.3, 0.4) is 0 Å². The number of hydrogen-bond acceptors (Lipinski definition) is 3. The minimum Gasteiger partial charge on any atom is -0.335 e. The maximum Gasteiger partial charge on any atom is 0.328 e. The van der Waals surface area contributed by atoms with Gasteiger partial charge in [0.05, 0.1) is 17.2 Å². The molecule has 114 valence electrons. The van der Waals surface area contributed by atoms with E-state index in [4.69, 9.17) is 11.6 Å². The van der Waals surface area contributed by atoms with Crippen molar-refractivity contribution in [2.75, 3.05) is 0 Å². The molecule has 1 unspecified atom stereocenters. The monoisotopic (exact) mass is 318 g/mol. The number of fused-ring (bicyclic) bond motifs is 1. The zero-order valence-corrected chi connectivity index (χ0v) is 12.7. The lowest BCUT2D eigenvalue weighted by Crippen LogP contribution is -2.35. The third-order valence-electron chi connectivity index (χ3n) is 3.75. The van der Waals surface area contributed by atoms with Crippen molar-refractivity contribution in [1.82, 2.24) is 19.1 Å². The molecule has 7 heteroatoms. The third kappa shape index (κ3) is 2.69. The summed E-state index contributed by atoms with van der Waals surface area (Å²) in [5.41, 5.74) is -0.227. The molecule has 0 aliphatic heterocycles. The standard InChI is InChI=1S/C15H15ClN4O2/c1-10(19-7-5-17-9-19)4-6-20-14(21)12-8-11(16)2-3-13(12)18-15(20)22/h2-3,5,7-10H,4,6H2,1H3,(H,18,22). The summed E-state index contributed by atoms with van der Waals surface area (Å²) in [4.78, 5) is 31.3. The Morgan fingerprint density at radius 1 is 1.36 bits per heavy atom. The number of halogens is 1. The lowest BCUT2D eigenvalue weighted by molar-refractivity contribution is 0.452. The molecule has 22 heavy (non-hydrogen) atoms. The highest BCUT2D eigenvalue weighted by Crippen LogP contribution is 2.14. The summed E-state index contributed by atoms with van der Waals surface area (Å²) in [6.45, 7) is 2.34. The number of benzene rings is 1. The minimum absolute atomic E-state index is 0.142. The molecule has 0 aliphatic rings. The highest BCUT2D eigenvalue weighted by atomic mass is 35.5. The Kier molecular flexibility index (Phi) is 3.85. The maximum atomic E-state index is 12.5. The smallest absolute Gasteiger partial charge is 0.328 e. The fraction of sp³-hybridized carbons (Fsp3) is 0.267. The second kappa shape index (κ2) is 5.81. The molecule has 0 aliphatic carbocycles. The number of aromatic amines is 1. The fourth-order valence-electron chi connectivity index (χ4n) is 2.42. The van der Waals surface area contributed by atoms with Crippen molar-refractivity contribution in [3.8, 4) is 0 Å². The van der Waals surface area contributed by atoms with Gasteiger partial charge >= 0.3 is 5.69 Å². The largest absolute Gasteiger partial charge is 0.335 e. The molecule has 1 atom stereocenters. The van der Waals surface area contributed by atoms with Gasteiger partial charge in [0.1, 0.15) is 0 Å². The number of rotatable bonds is 4. The van der Waals surface area contributed by atoms with E-state index >= 15 is 0 Å². The summed E-state index contributed by atoms with van der Waals surface area (Å²) in [7, 11) is 0. The quantitative estimate of drug-likeness (QED) is 0.801. The molecular formula is C15H15ClN4O2. The summed E-state index contributed by atoms with van der Waals surface area (Å²) in [5, 5.41) is 0.886. The van der Waals surface area contributed by atoms with Crippen LogP contribution in [0.15, 0.2) is 46.5 Å². The van der Waals surface area contributed by atoms with Crippen molar-refractivity contribution in [1.29, 1.82) is 0 Å². The Morgan fingerprint density at radius 2 is 2.18 bits per heavy atom. The van der Waals surface area contributed by atoms with E-state index in [2.05, 4.69) is 9.97 Å². The van der Waals surface area contributed by atoms with E-state index < -0.39 is 5.69 Å². The minimum atomic E-state index is -0.405. The number of hydrogen-bond donors (Lipinski definition) is 1. The molecule has 0 spiro atoms. The Balaban J connectivity index is 1.94. The Morgan fingerprint density at radius 3 is 2.91 bits per heavy atom. The van der Waals surface area contributed by atoms with Crippen LogP contribution >= 0.6 is 11.6 Å². The second-order valence-corrected chi connectivity index (χ2v) is 5.66. The zero-order valence-electron chi connectivity index (χ0n) is 12.0. The first-order valence-corrected chi connectivity index (χ1v) is 7.34. The molecule has 0 fully saturated rings. The summed E-state index contributed by atoms with van der Waals surface area (Å²) in [5.74, 6) is 0. The molecule has 0 saturated heterocycles. The van der Waals surface area contributed by atoms with Gasteiger partial charge < -0.3 is 9.55 Å². The lowest BCUT2D eigenvalue weighted by atomic mass is 10.2. The average Bonchev–Trinajstić information content (AvgIpc) is 3.02. The molecule has 0 radical (unpaired) electrons. The molecule has 1 N–H and O–H groups in total. The van der Waals surface area contributed by atoms with E-state index in [-0.39, 0.29) is 11.6 Å². The van der Waals surface area contributed by atoms with Gasteiger partial charge in [-0.25, -0.2) is 9.78 Å². The van der Waals surface area contributed by atoms with Gasteiger partial charge in [-0.15, -0.1) is 0 Å². The molecular weight excluding hydrogens is 304 g/mol. The first kappa shape index (κ1) is 14.6. The highest BCUT2D eigenvalue weighted by molar-refractivity contribution is 6.31. The summed E-state index contributed by atoms with van der Waals surface area (Å²) in [6.07, 6.45) is 5.93. The summed E-state index contributed by atoms with van der Waals surface area (Å²) >= 11 is 5.93. The molecule has 1 aromatic carbocycles. The number of nitrogens with one attached hydrogen (secondary N) is 1. The normalized spacial score (nSPS) is 12.6. The number of aromatic nitrogens is 4. The molecule has 3 aromatic rings. The Hall–Kier alpha value is -2.34. The topological polar surface area (TPSA) is 72.7 Å². The van der Waals surface area contributed by atoms with Crippen LogP contribution in [0.4, 0.5) is 0 Å². The molecule has 0 bridgehead atoms. The van der Waals surface area contributed by atoms with Gasteiger partial charge in [-0.1, -0.05) is 11.6 Å². The number of nitrogens with zero attached hydrogens (tertiary/aromatic N) is 3. The predicted molar refractivity (Wildman–Crippen MR) is 85.4 cm³/mol. The van der Waals surface area contributed by atoms with Crippen LogP contribution < -0.4 is 11.2 Å². The van der Waals surface area contributed by atoms with Crippen molar-refractivity contribution in [3.63, 3.8) is 0 Å². The van der Waals surface area contributed by atoms with Crippen LogP contribution in [0.2, 0.25) is 5.02 Å². The SMILES string of the molecule is CC(CCn1c(=O)[nH]c2ccc(Cl)cc2c1=O)n1ccnc1. The lowest BCUT2D eigenvalue weighted by Gasteiger charge is -2.13. The van der Waals surface area contributed by atoms with E-state index in [0.29, 0.717) is 28.9 Å². The van der Waals surface area contributed by atoms with Crippen molar-refractivity contribution >= 4 is 22.5 Å². The van der Waals surface area contributed by atoms with Crippen LogP contribution in [-0.4, -0.2) is 19.1 Å². The molecule has 0 saturated carbocycles. The van der Waals surface area contributed by atoms with Crippen LogP contribution in [0, 0.1) is 0 Å². The third-order valence-corrected chi connectivity index (χ3v) is 3.98. The average molecular weight is 319 g/mol. The van der Waals surface area contributed by atoms with E-state index in [9.17, 15) is 9.59 Å². The van der Waals surface area contributed by atoms with E-state index in [1.165, 1.54) is 4.57 Å². The van der Waals surface area contributed by atoms with Gasteiger partial charge in [-0.05, 0) is 31.5 Å². The van der Waals surface area contributed by atoms with Crippen LogP contribution in [0.5, 0.6) is 0 Å². The fourth-order valence-corrected chi connectivity index (χ4v) is 2.59. The molecule has 2 heterocycles. The number of imidazole rings is 1. The van der Waals surface area contributed by atoms with Gasteiger partial charge in [0.15, 0.2) is 0 Å². The van der Waals surface area contributed by atoms with Gasteiger partial charge in [0.25, 0.3) is 5.56 Å². The first-order chi connectivity index (χ1) is 10.6. The van der Waals surface area contributed by atoms with E-state index in [0.717, 1.165) is 0 Å². The van der Waals surface area contributed by atoms with Crippen molar-refractivity contribution < 1.29 is 0 Å². The van der Waals surface area contributed by atoms with E-state index in [1.54, 1.807) is 30.7 Å². The maximum absolute atomic E-state index is 12.5. The van der Waals surface area contributed by atoms with Crippen molar-refractivity contribution in [3.05, 3.63) is 62.8 Å². The Labute approximate surface area is 131 Å². The van der Waals surface area contributed by atoms with Crippen LogP contribution in [0.1, 0.15) is 19.4 Å². The molecule has 2 aromatic heterocycles. The predicted octanol–water partition coefficient (Wildman–Crippen LogP) is 2.19. The molecule has 6 nitrogen and oxygen atoms in total. The zero-order chi connectivity index (χ0) is 15.7. The Bertz CT molecular complexity index is 911. The van der Waals surface area contributed by atoms with Gasteiger partial charge in [0.2, 0.25) is 0 Å². The summed E-state index contributed by atoms with van der Waals surface area (Å²) < 4.78 is 3.16. The van der Waals surface area contributed by atoms with Crippen LogP contribution in [-0.2, 0) is 6.54 Å². The van der Waals surface area contributed by atoms with Gasteiger partial charge in [-0.2, -0.15) is 0 Å². The molecule has 0 amide bonds. The van der Waals surface area contributed by atoms with Gasteiger partial charge in [-0.3, -0.25) is 9.36 Å². The van der Waals surface area contributed by atoms with Crippen LogP contribution in [0.25, 0.3) is 10.9 Å². The summed E-state index contributed by atoms with van der Waals surface area (Å²) in [6, 6.07) is 5.00. The highest BCUT2D eigenvalue weighted by Gasteiger charge is 2.10. The van der Waals surface area contributed by atoms with Crippen molar-refractivity contribution in [2.45, 2.75) is 25.9 Å². The van der Waals surface area contributed by atoms with Gasteiger partial charge in [0, 0.05) is 30.0 Å². The number of H-pyrrole nitrogens is 1. The molecule has 3 rings (SSSR count). The first-order valence-electron chi connectivity index (χ1n) is 6.96. The van der Waals surface area contributed by atoms with E-state index in [1.807, 2.05) is 17.7 Å². The second-order valence-electron chi connectivity index (χ2n) is 5.22.